The van der Waals surface area contributed by atoms with Crippen LogP contribution in [0, 0.1) is 5.82 Å². The highest BCUT2D eigenvalue weighted by molar-refractivity contribution is 7.91. The standard InChI is InChI=1S/C28H25ClFNO4S/c29-22-4-1-3-21(17-22)28(32)19-31-16-15-20-7-13-26(14-8-20)36(33,34)27-6-2-5-25(18-27)35-24-11-9-23(30)10-12-24/h1-14,17-18,28,31-32H,15-16,19H2. The van der Waals surface area contributed by atoms with Gasteiger partial charge in [0.1, 0.15) is 17.3 Å². The predicted octanol–water partition coefficient (Wildman–Crippen LogP) is 5.97. The molecule has 0 aliphatic carbocycles. The van der Waals surface area contributed by atoms with Crippen molar-refractivity contribution in [1.29, 1.82) is 0 Å². The van der Waals surface area contributed by atoms with Gasteiger partial charge in [-0.3, -0.25) is 0 Å². The number of benzene rings is 4. The van der Waals surface area contributed by atoms with Crippen LogP contribution >= 0.6 is 11.6 Å². The number of hydrogen-bond acceptors (Lipinski definition) is 5. The van der Waals surface area contributed by atoms with E-state index in [1.165, 1.54) is 36.4 Å². The summed E-state index contributed by atoms with van der Waals surface area (Å²) in [6, 6.07) is 25.5. The maximum Gasteiger partial charge on any atom is 0.206 e. The first-order valence-electron chi connectivity index (χ1n) is 11.3. The van der Waals surface area contributed by atoms with Gasteiger partial charge in [-0.05, 0) is 90.8 Å². The van der Waals surface area contributed by atoms with Gasteiger partial charge in [0.15, 0.2) is 0 Å². The highest BCUT2D eigenvalue weighted by Gasteiger charge is 2.18. The van der Waals surface area contributed by atoms with E-state index in [9.17, 15) is 17.9 Å². The summed E-state index contributed by atoms with van der Waals surface area (Å²) in [5, 5.41) is 14.1. The Balaban J connectivity index is 1.34. The van der Waals surface area contributed by atoms with Crippen LogP contribution in [-0.2, 0) is 16.3 Å². The summed E-state index contributed by atoms with van der Waals surface area (Å²) in [4.78, 5) is 0.279. The van der Waals surface area contributed by atoms with Crippen molar-refractivity contribution in [3.8, 4) is 11.5 Å². The molecule has 0 saturated heterocycles. The number of sulfone groups is 1. The molecule has 4 aromatic rings. The predicted molar refractivity (Wildman–Crippen MR) is 138 cm³/mol. The van der Waals surface area contributed by atoms with E-state index >= 15 is 0 Å². The van der Waals surface area contributed by atoms with Crippen molar-refractivity contribution in [2.45, 2.75) is 22.3 Å². The second-order valence-corrected chi connectivity index (χ2v) is 10.6. The molecule has 0 heterocycles. The van der Waals surface area contributed by atoms with Gasteiger partial charge in [-0.2, -0.15) is 0 Å². The molecule has 0 radical (unpaired) electrons. The van der Waals surface area contributed by atoms with Crippen molar-refractivity contribution in [2.75, 3.05) is 13.1 Å². The smallest absolute Gasteiger partial charge is 0.206 e. The SMILES string of the molecule is O=S(=O)(c1ccc(CCNCC(O)c2cccc(Cl)c2)cc1)c1cccc(Oc2ccc(F)cc2)c1. The summed E-state index contributed by atoms with van der Waals surface area (Å²) < 4.78 is 45.0. The lowest BCUT2D eigenvalue weighted by molar-refractivity contribution is 0.175. The lowest BCUT2D eigenvalue weighted by Crippen LogP contribution is -2.23. The molecule has 4 aromatic carbocycles. The van der Waals surface area contributed by atoms with Gasteiger partial charge in [-0.15, -0.1) is 0 Å². The number of aliphatic hydroxyl groups is 1. The number of halogens is 2. The molecule has 0 saturated carbocycles. The van der Waals surface area contributed by atoms with Crippen LogP contribution in [0.25, 0.3) is 0 Å². The van der Waals surface area contributed by atoms with E-state index in [0.717, 1.165) is 11.1 Å². The van der Waals surface area contributed by atoms with E-state index in [2.05, 4.69) is 5.32 Å². The molecule has 2 N–H and O–H groups in total. The van der Waals surface area contributed by atoms with Gasteiger partial charge in [0.25, 0.3) is 0 Å². The normalized spacial score (nSPS) is 12.3. The Bertz CT molecular complexity index is 1410. The minimum Gasteiger partial charge on any atom is -0.457 e. The molecule has 4 rings (SSSR count). The van der Waals surface area contributed by atoms with Crippen LogP contribution in [0.5, 0.6) is 11.5 Å². The Morgan fingerprint density at radius 3 is 2.31 bits per heavy atom. The second-order valence-electron chi connectivity index (χ2n) is 8.20. The van der Waals surface area contributed by atoms with Crippen molar-refractivity contribution < 1.29 is 22.7 Å². The third kappa shape index (κ3) is 6.71. The summed E-state index contributed by atoms with van der Waals surface area (Å²) >= 11 is 5.97. The zero-order valence-corrected chi connectivity index (χ0v) is 20.8. The third-order valence-electron chi connectivity index (χ3n) is 5.56. The van der Waals surface area contributed by atoms with E-state index in [1.54, 1.807) is 54.6 Å². The van der Waals surface area contributed by atoms with Gasteiger partial charge >= 0.3 is 0 Å². The van der Waals surface area contributed by atoms with Crippen LogP contribution in [0.3, 0.4) is 0 Å². The molecule has 0 spiro atoms. The van der Waals surface area contributed by atoms with Crippen LogP contribution in [-0.4, -0.2) is 26.6 Å². The highest BCUT2D eigenvalue weighted by atomic mass is 35.5. The van der Waals surface area contributed by atoms with Gasteiger partial charge in [0, 0.05) is 11.6 Å². The number of aliphatic hydroxyl groups excluding tert-OH is 1. The Labute approximate surface area is 215 Å². The van der Waals surface area contributed by atoms with Crippen molar-refractivity contribution >= 4 is 21.4 Å². The average Bonchev–Trinajstić information content (AvgIpc) is 2.88. The van der Waals surface area contributed by atoms with E-state index in [1.807, 2.05) is 6.07 Å². The van der Waals surface area contributed by atoms with E-state index in [0.29, 0.717) is 36.0 Å². The molecule has 1 atom stereocenters. The molecule has 8 heteroatoms. The monoisotopic (exact) mass is 525 g/mol. The Morgan fingerprint density at radius 2 is 1.58 bits per heavy atom. The summed E-state index contributed by atoms with van der Waals surface area (Å²) in [5.41, 5.74) is 1.71. The first kappa shape index (κ1) is 25.9. The summed E-state index contributed by atoms with van der Waals surface area (Å²) in [6.45, 7) is 0.996. The average molecular weight is 526 g/mol. The maximum absolute atomic E-state index is 13.1. The molecule has 0 aliphatic heterocycles. The Morgan fingerprint density at radius 1 is 0.861 bits per heavy atom. The lowest BCUT2D eigenvalue weighted by atomic mass is 10.1. The molecular formula is C28H25ClFNO4S. The topological polar surface area (TPSA) is 75.6 Å². The number of ether oxygens (including phenoxy) is 1. The zero-order chi connectivity index (χ0) is 25.5. The second kappa shape index (κ2) is 11.7. The first-order chi connectivity index (χ1) is 17.3. The molecular weight excluding hydrogens is 501 g/mol. The summed E-state index contributed by atoms with van der Waals surface area (Å²) in [5.74, 6) is 0.363. The maximum atomic E-state index is 13.1. The molecule has 0 aliphatic rings. The van der Waals surface area contributed by atoms with Gasteiger partial charge in [-0.25, -0.2) is 12.8 Å². The number of rotatable bonds is 10. The Kier molecular flexibility index (Phi) is 8.38. The van der Waals surface area contributed by atoms with Crippen molar-refractivity contribution in [2.24, 2.45) is 0 Å². The van der Waals surface area contributed by atoms with Crippen LogP contribution in [0.1, 0.15) is 17.2 Å². The summed E-state index contributed by atoms with van der Waals surface area (Å²) in [6.07, 6.45) is 0.00265. The van der Waals surface area contributed by atoms with Crippen LogP contribution in [0.15, 0.2) is 107 Å². The van der Waals surface area contributed by atoms with Gasteiger partial charge in [0.05, 0.1) is 15.9 Å². The number of hydrogen-bond donors (Lipinski definition) is 2. The Hall–Kier alpha value is -3.23. The van der Waals surface area contributed by atoms with Gasteiger partial charge in [0.2, 0.25) is 9.84 Å². The molecule has 0 bridgehead atoms. The van der Waals surface area contributed by atoms with Crippen LogP contribution < -0.4 is 10.1 Å². The van der Waals surface area contributed by atoms with E-state index in [-0.39, 0.29) is 15.6 Å². The molecule has 186 valence electrons. The van der Waals surface area contributed by atoms with E-state index < -0.39 is 15.9 Å². The van der Waals surface area contributed by atoms with Crippen LogP contribution in [0.2, 0.25) is 5.02 Å². The van der Waals surface area contributed by atoms with Crippen molar-refractivity contribution in [3.63, 3.8) is 0 Å². The fourth-order valence-electron chi connectivity index (χ4n) is 3.62. The summed E-state index contributed by atoms with van der Waals surface area (Å²) in [7, 11) is -3.75. The van der Waals surface area contributed by atoms with Crippen molar-refractivity contribution in [3.05, 3.63) is 119 Å². The molecule has 0 aromatic heterocycles. The molecule has 0 fully saturated rings. The highest BCUT2D eigenvalue weighted by Crippen LogP contribution is 2.28. The minimum absolute atomic E-state index is 0.103. The minimum atomic E-state index is -3.75. The number of nitrogens with one attached hydrogen (secondary N) is 1. The lowest BCUT2D eigenvalue weighted by Gasteiger charge is -2.13. The van der Waals surface area contributed by atoms with Gasteiger partial charge < -0.3 is 15.2 Å². The van der Waals surface area contributed by atoms with Crippen LogP contribution in [0.4, 0.5) is 4.39 Å². The fourth-order valence-corrected chi connectivity index (χ4v) is 5.11. The zero-order valence-electron chi connectivity index (χ0n) is 19.3. The quantitative estimate of drug-likeness (QED) is 0.249. The molecule has 5 nitrogen and oxygen atoms in total. The fraction of sp³-hybridized carbons (Fsp3) is 0.143. The third-order valence-corrected chi connectivity index (χ3v) is 7.56. The molecule has 1 unspecified atom stereocenters. The largest absolute Gasteiger partial charge is 0.457 e. The van der Waals surface area contributed by atoms with Gasteiger partial charge in [-0.1, -0.05) is 41.9 Å². The van der Waals surface area contributed by atoms with Crippen molar-refractivity contribution in [1.82, 2.24) is 5.32 Å². The van der Waals surface area contributed by atoms with E-state index in [4.69, 9.17) is 16.3 Å². The molecule has 36 heavy (non-hydrogen) atoms. The molecule has 0 amide bonds. The first-order valence-corrected chi connectivity index (χ1v) is 13.2.